The molecule has 3 unspecified atom stereocenters. The molecule has 1 amide bonds. The lowest BCUT2D eigenvalue weighted by molar-refractivity contribution is -0.195. The molecule has 1 N–H and O–H groups in total. The summed E-state index contributed by atoms with van der Waals surface area (Å²) < 4.78 is 6.54. The Morgan fingerprint density at radius 3 is 2.71 bits per heavy atom. The van der Waals surface area contributed by atoms with E-state index in [1.807, 2.05) is 0 Å². The van der Waals surface area contributed by atoms with E-state index in [2.05, 4.69) is 47.3 Å². The maximum atomic E-state index is 13.4. The minimum atomic E-state index is 0.0941. The molecular formula is C24H30N2O2. The van der Waals surface area contributed by atoms with E-state index >= 15 is 0 Å². The molecule has 3 saturated carbocycles. The lowest BCUT2D eigenvalue weighted by Gasteiger charge is -2.61. The molecule has 4 heteroatoms. The summed E-state index contributed by atoms with van der Waals surface area (Å²) in [5.41, 5.74) is 2.52. The Labute approximate surface area is 166 Å². The number of benzene rings is 1. The first-order chi connectivity index (χ1) is 13.6. The Balaban J connectivity index is 1.20. The zero-order chi connectivity index (χ0) is 18.9. The molecule has 7 rings (SSSR count). The molecule has 3 atom stereocenters. The molecule has 3 aliphatic carbocycles. The van der Waals surface area contributed by atoms with Gasteiger partial charge in [-0.15, -0.1) is 0 Å². The van der Waals surface area contributed by atoms with Crippen LogP contribution in [-0.4, -0.2) is 39.6 Å². The second-order valence-electron chi connectivity index (χ2n) is 9.95. The number of H-pyrrole nitrogens is 1. The standard InChI is InChI=1S/C24H30N2O2/c1-15(21-14-25-22-5-3-2-4-20(21)22)8-23(27)26-17-9-16-10-18(26)13-24(11-16,12-17)28-19-6-7-19/h2-5,14-19,25H,6-13H2,1H3. The quantitative estimate of drug-likeness (QED) is 0.816. The maximum Gasteiger partial charge on any atom is 0.223 e. The molecule has 4 nitrogen and oxygen atoms in total. The molecule has 3 heterocycles. The number of ether oxygens (including phenoxy) is 1. The van der Waals surface area contributed by atoms with Crippen LogP contribution in [0, 0.1) is 5.92 Å². The van der Waals surface area contributed by atoms with Gasteiger partial charge in [-0.05, 0) is 68.4 Å². The zero-order valence-electron chi connectivity index (χ0n) is 16.7. The number of hydrogen-bond donors (Lipinski definition) is 1. The van der Waals surface area contributed by atoms with Crippen LogP contribution < -0.4 is 0 Å². The van der Waals surface area contributed by atoms with E-state index in [1.165, 1.54) is 43.1 Å². The SMILES string of the molecule is CC(CC(=O)N1C2CC3CC1CC(OC1CC1)(C3)C2)c1c[nH]c2ccccc12. The van der Waals surface area contributed by atoms with Gasteiger partial charge in [-0.1, -0.05) is 25.1 Å². The summed E-state index contributed by atoms with van der Waals surface area (Å²) in [4.78, 5) is 19.0. The number of para-hydroxylation sites is 1. The maximum absolute atomic E-state index is 13.4. The Morgan fingerprint density at radius 2 is 1.96 bits per heavy atom. The van der Waals surface area contributed by atoms with Crippen molar-refractivity contribution in [1.82, 2.24) is 9.88 Å². The molecule has 0 radical (unpaired) electrons. The van der Waals surface area contributed by atoms with Crippen molar-refractivity contribution in [2.75, 3.05) is 0 Å². The Kier molecular flexibility index (Phi) is 3.72. The van der Waals surface area contributed by atoms with Crippen molar-refractivity contribution in [3.05, 3.63) is 36.0 Å². The zero-order valence-corrected chi connectivity index (χ0v) is 16.7. The number of rotatable bonds is 5. The summed E-state index contributed by atoms with van der Waals surface area (Å²) in [5.74, 6) is 1.36. The van der Waals surface area contributed by atoms with Gasteiger partial charge < -0.3 is 14.6 Å². The number of piperidine rings is 2. The van der Waals surface area contributed by atoms with Gasteiger partial charge in [-0.3, -0.25) is 4.79 Å². The molecule has 5 fully saturated rings. The number of nitrogens with zero attached hydrogens (tertiary/aromatic N) is 1. The van der Waals surface area contributed by atoms with Crippen LogP contribution in [0.3, 0.4) is 0 Å². The van der Waals surface area contributed by atoms with E-state index in [0.717, 1.165) is 24.3 Å². The van der Waals surface area contributed by atoms with Gasteiger partial charge in [0, 0.05) is 35.6 Å². The van der Waals surface area contributed by atoms with Crippen molar-refractivity contribution >= 4 is 16.8 Å². The van der Waals surface area contributed by atoms with E-state index in [-0.39, 0.29) is 11.5 Å². The number of amides is 1. The topological polar surface area (TPSA) is 45.3 Å². The fourth-order valence-corrected chi connectivity index (χ4v) is 6.63. The Hall–Kier alpha value is -1.81. The van der Waals surface area contributed by atoms with E-state index < -0.39 is 0 Å². The third-order valence-corrected chi connectivity index (χ3v) is 7.74. The predicted octanol–water partition coefficient (Wildman–Crippen LogP) is 4.75. The van der Waals surface area contributed by atoms with Crippen LogP contribution in [0.5, 0.6) is 0 Å². The first kappa shape index (κ1) is 17.1. The summed E-state index contributed by atoms with van der Waals surface area (Å²) in [6, 6.07) is 9.21. The minimum absolute atomic E-state index is 0.0941. The molecule has 0 spiro atoms. The first-order valence-electron chi connectivity index (χ1n) is 11.2. The fraction of sp³-hybridized carbons (Fsp3) is 0.625. The second-order valence-corrected chi connectivity index (χ2v) is 9.95. The molecule has 28 heavy (non-hydrogen) atoms. The van der Waals surface area contributed by atoms with E-state index in [4.69, 9.17) is 4.74 Å². The number of hydrogen-bond acceptors (Lipinski definition) is 2. The average Bonchev–Trinajstić information content (AvgIpc) is 3.34. The third-order valence-electron chi connectivity index (χ3n) is 7.74. The largest absolute Gasteiger partial charge is 0.372 e. The number of fused-ring (bicyclic) bond motifs is 1. The van der Waals surface area contributed by atoms with Gasteiger partial charge in [0.1, 0.15) is 0 Å². The first-order valence-corrected chi connectivity index (χ1v) is 11.2. The fourth-order valence-electron chi connectivity index (χ4n) is 6.63. The van der Waals surface area contributed by atoms with E-state index in [0.29, 0.717) is 30.5 Å². The van der Waals surface area contributed by atoms with Gasteiger partial charge in [0.05, 0.1) is 11.7 Å². The monoisotopic (exact) mass is 378 g/mol. The second kappa shape index (κ2) is 6.09. The molecule has 5 aliphatic rings. The van der Waals surface area contributed by atoms with Gasteiger partial charge in [-0.25, -0.2) is 0 Å². The van der Waals surface area contributed by atoms with Crippen molar-refractivity contribution < 1.29 is 9.53 Å². The smallest absolute Gasteiger partial charge is 0.223 e. The van der Waals surface area contributed by atoms with Crippen LogP contribution in [-0.2, 0) is 9.53 Å². The summed E-state index contributed by atoms with van der Waals surface area (Å²) in [6.07, 6.45) is 11.5. The Bertz CT molecular complexity index is 894. The highest BCUT2D eigenvalue weighted by atomic mass is 16.5. The van der Waals surface area contributed by atoms with Crippen LogP contribution in [0.15, 0.2) is 30.5 Å². The summed E-state index contributed by atoms with van der Waals surface area (Å²) in [7, 11) is 0. The van der Waals surface area contributed by atoms with Crippen LogP contribution in [0.2, 0.25) is 0 Å². The highest BCUT2D eigenvalue weighted by Gasteiger charge is 2.57. The lowest BCUT2D eigenvalue weighted by Crippen LogP contribution is -2.66. The predicted molar refractivity (Wildman–Crippen MR) is 109 cm³/mol. The van der Waals surface area contributed by atoms with Gasteiger partial charge in [0.2, 0.25) is 5.91 Å². The van der Waals surface area contributed by atoms with Crippen molar-refractivity contribution in [3.63, 3.8) is 0 Å². The molecule has 2 aromatic rings. The molecule has 1 aromatic carbocycles. The number of carbonyl (C=O) groups is 1. The van der Waals surface area contributed by atoms with Crippen molar-refractivity contribution in [3.8, 4) is 0 Å². The molecule has 148 valence electrons. The Morgan fingerprint density at radius 1 is 1.21 bits per heavy atom. The molecule has 2 saturated heterocycles. The van der Waals surface area contributed by atoms with Crippen molar-refractivity contribution in [2.24, 2.45) is 5.92 Å². The van der Waals surface area contributed by atoms with Crippen LogP contribution >= 0.6 is 0 Å². The van der Waals surface area contributed by atoms with Gasteiger partial charge in [0.25, 0.3) is 0 Å². The highest BCUT2D eigenvalue weighted by molar-refractivity contribution is 5.85. The lowest BCUT2D eigenvalue weighted by atomic mass is 9.61. The molecule has 4 bridgehead atoms. The van der Waals surface area contributed by atoms with Crippen LogP contribution in [0.4, 0.5) is 0 Å². The van der Waals surface area contributed by atoms with Gasteiger partial charge >= 0.3 is 0 Å². The third kappa shape index (κ3) is 2.72. The van der Waals surface area contributed by atoms with E-state index in [9.17, 15) is 4.79 Å². The average molecular weight is 379 g/mol. The van der Waals surface area contributed by atoms with Crippen molar-refractivity contribution in [1.29, 1.82) is 0 Å². The summed E-state index contributed by atoms with van der Waals surface area (Å²) >= 11 is 0. The van der Waals surface area contributed by atoms with Crippen LogP contribution in [0.25, 0.3) is 10.9 Å². The number of nitrogens with one attached hydrogen (secondary N) is 1. The normalized spacial score (nSPS) is 34.9. The number of aromatic amines is 1. The highest BCUT2D eigenvalue weighted by Crippen LogP contribution is 2.54. The summed E-state index contributed by atoms with van der Waals surface area (Å²) in [6.45, 7) is 2.20. The molecular weight excluding hydrogens is 348 g/mol. The van der Waals surface area contributed by atoms with Crippen LogP contribution in [0.1, 0.15) is 69.8 Å². The van der Waals surface area contributed by atoms with Crippen molar-refractivity contribution in [2.45, 2.75) is 88.0 Å². The van der Waals surface area contributed by atoms with Gasteiger partial charge in [-0.2, -0.15) is 0 Å². The number of carbonyl (C=O) groups excluding carboxylic acids is 1. The summed E-state index contributed by atoms with van der Waals surface area (Å²) in [5, 5.41) is 1.25. The molecule has 1 aromatic heterocycles. The minimum Gasteiger partial charge on any atom is -0.372 e. The number of aromatic nitrogens is 1. The molecule has 2 aliphatic heterocycles. The van der Waals surface area contributed by atoms with E-state index in [1.54, 1.807) is 0 Å². The van der Waals surface area contributed by atoms with Gasteiger partial charge in [0.15, 0.2) is 0 Å².